The van der Waals surface area contributed by atoms with Crippen molar-refractivity contribution in [3.8, 4) is 0 Å². The van der Waals surface area contributed by atoms with E-state index in [2.05, 4.69) is 0 Å². The minimum absolute atomic E-state index is 0.0265. The second-order valence-corrected chi connectivity index (χ2v) is 4.81. The SMILES string of the molecule is COC(=O)C[C@@H](c1ccco1)[C@@H](C(=O)OC)c1ccccc1. The van der Waals surface area contributed by atoms with E-state index in [1.165, 1.54) is 20.5 Å². The molecule has 0 aliphatic rings. The molecule has 0 bridgehead atoms. The van der Waals surface area contributed by atoms with Crippen LogP contribution in [0.15, 0.2) is 53.1 Å². The predicted octanol–water partition coefficient (Wildman–Crippen LogP) is 2.88. The number of rotatable bonds is 6. The minimum atomic E-state index is -0.642. The Morgan fingerprint density at radius 1 is 1.05 bits per heavy atom. The van der Waals surface area contributed by atoms with Gasteiger partial charge in [0, 0.05) is 5.92 Å². The molecule has 2 aromatic rings. The van der Waals surface area contributed by atoms with Crippen LogP contribution in [0.3, 0.4) is 0 Å². The van der Waals surface area contributed by atoms with Crippen LogP contribution < -0.4 is 0 Å². The molecular formula is C17H18O5. The molecule has 0 unspecified atom stereocenters. The van der Waals surface area contributed by atoms with Gasteiger partial charge in [-0.15, -0.1) is 0 Å². The Balaban J connectivity index is 2.43. The quantitative estimate of drug-likeness (QED) is 0.768. The third-order valence-electron chi connectivity index (χ3n) is 3.54. The van der Waals surface area contributed by atoms with Crippen LogP contribution in [0.1, 0.15) is 29.6 Å². The number of furan rings is 1. The second kappa shape index (κ2) is 7.45. The summed E-state index contributed by atoms with van der Waals surface area (Å²) >= 11 is 0. The standard InChI is InChI=1S/C17H18O5/c1-20-15(18)11-13(14-9-6-10-22-14)16(17(19)21-2)12-7-4-3-5-8-12/h3-10,13,16H,11H2,1-2H3/t13-,16-/m0/s1. The van der Waals surface area contributed by atoms with Crippen molar-refractivity contribution < 1.29 is 23.5 Å². The van der Waals surface area contributed by atoms with Gasteiger partial charge in [0.1, 0.15) is 5.76 Å². The highest BCUT2D eigenvalue weighted by molar-refractivity contribution is 5.81. The van der Waals surface area contributed by atoms with Gasteiger partial charge in [0.05, 0.1) is 32.8 Å². The first-order valence-electron chi connectivity index (χ1n) is 6.90. The van der Waals surface area contributed by atoms with Crippen LogP contribution in [-0.4, -0.2) is 26.2 Å². The van der Waals surface area contributed by atoms with Crippen molar-refractivity contribution in [1.82, 2.24) is 0 Å². The summed E-state index contributed by atoms with van der Waals surface area (Å²) < 4.78 is 15.1. The molecule has 1 aromatic carbocycles. The molecule has 0 spiro atoms. The number of ether oxygens (including phenoxy) is 2. The van der Waals surface area contributed by atoms with Crippen molar-refractivity contribution in [2.24, 2.45) is 0 Å². The molecule has 0 amide bonds. The van der Waals surface area contributed by atoms with Crippen LogP contribution in [0.2, 0.25) is 0 Å². The molecule has 5 heteroatoms. The molecule has 0 saturated carbocycles. The highest BCUT2D eigenvalue weighted by Gasteiger charge is 2.35. The van der Waals surface area contributed by atoms with Gasteiger partial charge in [-0.2, -0.15) is 0 Å². The number of benzene rings is 1. The zero-order valence-corrected chi connectivity index (χ0v) is 12.5. The Labute approximate surface area is 128 Å². The predicted molar refractivity (Wildman–Crippen MR) is 79.3 cm³/mol. The Hall–Kier alpha value is -2.56. The second-order valence-electron chi connectivity index (χ2n) is 4.81. The van der Waals surface area contributed by atoms with Crippen molar-refractivity contribution in [2.75, 3.05) is 14.2 Å². The van der Waals surface area contributed by atoms with Gasteiger partial charge < -0.3 is 13.9 Å². The Kier molecular flexibility index (Phi) is 5.36. The van der Waals surface area contributed by atoms with Crippen molar-refractivity contribution >= 4 is 11.9 Å². The van der Waals surface area contributed by atoms with Crippen LogP contribution in [0, 0.1) is 0 Å². The minimum Gasteiger partial charge on any atom is -0.469 e. The van der Waals surface area contributed by atoms with Crippen LogP contribution >= 0.6 is 0 Å². The lowest BCUT2D eigenvalue weighted by Crippen LogP contribution is -2.24. The highest BCUT2D eigenvalue weighted by atomic mass is 16.5. The van der Waals surface area contributed by atoms with Gasteiger partial charge in [-0.1, -0.05) is 30.3 Å². The third kappa shape index (κ3) is 3.55. The number of hydrogen-bond donors (Lipinski definition) is 0. The first-order valence-corrected chi connectivity index (χ1v) is 6.90. The molecule has 2 rings (SSSR count). The smallest absolute Gasteiger partial charge is 0.313 e. The fraction of sp³-hybridized carbons (Fsp3) is 0.294. The third-order valence-corrected chi connectivity index (χ3v) is 3.54. The number of carbonyl (C=O) groups excluding carboxylic acids is 2. The van der Waals surface area contributed by atoms with Gasteiger partial charge in [-0.3, -0.25) is 9.59 Å². The van der Waals surface area contributed by atoms with Crippen LogP contribution in [-0.2, 0) is 19.1 Å². The molecule has 116 valence electrons. The molecule has 0 saturated heterocycles. The summed E-state index contributed by atoms with van der Waals surface area (Å²) in [4.78, 5) is 24.1. The van der Waals surface area contributed by atoms with Crippen LogP contribution in [0.25, 0.3) is 0 Å². The lowest BCUT2D eigenvalue weighted by atomic mass is 9.82. The van der Waals surface area contributed by atoms with Gasteiger partial charge in [0.25, 0.3) is 0 Å². The van der Waals surface area contributed by atoms with Crippen LogP contribution in [0.4, 0.5) is 0 Å². The summed E-state index contributed by atoms with van der Waals surface area (Å²) in [6.45, 7) is 0. The van der Waals surface area contributed by atoms with E-state index in [0.717, 1.165) is 5.56 Å². The number of methoxy groups -OCH3 is 2. The Bertz CT molecular complexity index is 603. The van der Waals surface area contributed by atoms with Crippen molar-refractivity contribution in [3.05, 3.63) is 60.1 Å². The van der Waals surface area contributed by atoms with Crippen molar-refractivity contribution in [3.63, 3.8) is 0 Å². The molecule has 2 atom stereocenters. The van der Waals surface area contributed by atoms with E-state index in [0.29, 0.717) is 5.76 Å². The largest absolute Gasteiger partial charge is 0.469 e. The first kappa shape index (κ1) is 15.8. The molecule has 1 heterocycles. The summed E-state index contributed by atoms with van der Waals surface area (Å²) in [5, 5.41) is 0. The van der Waals surface area contributed by atoms with Gasteiger partial charge in [-0.05, 0) is 17.7 Å². The summed E-state index contributed by atoms with van der Waals surface area (Å²) in [7, 11) is 2.65. The maximum absolute atomic E-state index is 12.3. The Morgan fingerprint density at radius 3 is 2.32 bits per heavy atom. The van der Waals surface area contributed by atoms with Crippen molar-refractivity contribution in [2.45, 2.75) is 18.3 Å². The molecule has 0 aliphatic heterocycles. The average molecular weight is 302 g/mol. The zero-order chi connectivity index (χ0) is 15.9. The van der Waals surface area contributed by atoms with Crippen molar-refractivity contribution in [1.29, 1.82) is 0 Å². The molecule has 0 fully saturated rings. The number of hydrogen-bond acceptors (Lipinski definition) is 5. The monoisotopic (exact) mass is 302 g/mol. The molecule has 22 heavy (non-hydrogen) atoms. The molecule has 0 radical (unpaired) electrons. The first-order chi connectivity index (χ1) is 10.7. The van der Waals surface area contributed by atoms with Gasteiger partial charge in [0.2, 0.25) is 0 Å². The maximum Gasteiger partial charge on any atom is 0.313 e. The van der Waals surface area contributed by atoms with E-state index in [1.54, 1.807) is 12.1 Å². The van der Waals surface area contributed by atoms with Crippen LogP contribution in [0.5, 0.6) is 0 Å². The molecular weight excluding hydrogens is 284 g/mol. The number of esters is 2. The van der Waals surface area contributed by atoms with E-state index < -0.39 is 23.8 Å². The summed E-state index contributed by atoms with van der Waals surface area (Å²) in [6, 6.07) is 12.7. The lowest BCUT2D eigenvalue weighted by Gasteiger charge is -2.23. The molecule has 5 nitrogen and oxygen atoms in total. The molecule has 0 N–H and O–H groups in total. The number of carbonyl (C=O) groups is 2. The topological polar surface area (TPSA) is 65.7 Å². The van der Waals surface area contributed by atoms with Gasteiger partial charge in [-0.25, -0.2) is 0 Å². The van der Waals surface area contributed by atoms with E-state index in [9.17, 15) is 9.59 Å². The van der Waals surface area contributed by atoms with E-state index in [4.69, 9.17) is 13.9 Å². The average Bonchev–Trinajstić information content (AvgIpc) is 3.09. The molecule has 0 aliphatic carbocycles. The van der Waals surface area contributed by atoms with Gasteiger partial charge in [0.15, 0.2) is 0 Å². The summed E-state index contributed by atoms with van der Waals surface area (Å²) in [6.07, 6.45) is 1.54. The Morgan fingerprint density at radius 2 is 1.77 bits per heavy atom. The lowest BCUT2D eigenvalue weighted by molar-refractivity contribution is -0.145. The van der Waals surface area contributed by atoms with E-state index >= 15 is 0 Å². The maximum atomic E-state index is 12.3. The highest BCUT2D eigenvalue weighted by Crippen LogP contribution is 2.37. The fourth-order valence-corrected chi connectivity index (χ4v) is 2.47. The fourth-order valence-electron chi connectivity index (χ4n) is 2.47. The normalized spacial score (nSPS) is 13.2. The zero-order valence-electron chi connectivity index (χ0n) is 12.5. The summed E-state index contributed by atoms with van der Waals surface area (Å²) in [5.41, 5.74) is 0.764. The van der Waals surface area contributed by atoms with E-state index in [1.807, 2.05) is 30.3 Å². The van der Waals surface area contributed by atoms with Gasteiger partial charge >= 0.3 is 11.9 Å². The molecule has 1 aromatic heterocycles. The summed E-state index contributed by atoms with van der Waals surface area (Å²) in [5.74, 6) is -1.42. The van der Waals surface area contributed by atoms with E-state index in [-0.39, 0.29) is 6.42 Å².